The number of carbonyl (C=O) groups is 1. The Morgan fingerprint density at radius 2 is 2.10 bits per heavy atom. The maximum Gasteiger partial charge on any atom is 0.316 e. The molecule has 0 saturated heterocycles. The van der Waals surface area contributed by atoms with E-state index in [1.807, 2.05) is 0 Å². The van der Waals surface area contributed by atoms with Crippen LogP contribution in [0.5, 0.6) is 11.8 Å². The van der Waals surface area contributed by atoms with Gasteiger partial charge in [0.05, 0.1) is 19.7 Å². The van der Waals surface area contributed by atoms with Crippen LogP contribution in [0.15, 0.2) is 30.5 Å². The molecule has 20 heavy (non-hydrogen) atoms. The number of carbonyl (C=O) groups excluding carboxylic acids is 1. The van der Waals surface area contributed by atoms with Crippen molar-refractivity contribution in [2.45, 2.75) is 6.42 Å². The molecule has 2 aromatic rings. The summed E-state index contributed by atoms with van der Waals surface area (Å²) in [5.74, 6) is -0.935. The van der Waals surface area contributed by atoms with E-state index in [4.69, 9.17) is 9.84 Å². The summed E-state index contributed by atoms with van der Waals surface area (Å²) >= 11 is 0. The lowest BCUT2D eigenvalue weighted by Gasteiger charge is -2.06. The number of nitrogens with one attached hydrogen (secondary N) is 1. The van der Waals surface area contributed by atoms with E-state index in [1.54, 1.807) is 31.4 Å². The Kier molecular flexibility index (Phi) is 4.09. The molecule has 0 bridgehead atoms. The summed E-state index contributed by atoms with van der Waals surface area (Å²) in [6.45, 7) is 0. The predicted molar refractivity (Wildman–Crippen MR) is 69.0 cm³/mol. The monoisotopic (exact) mass is 277 g/mol. The zero-order chi connectivity index (χ0) is 14.5. The molecule has 0 fully saturated rings. The second kappa shape index (κ2) is 5.96. The summed E-state index contributed by atoms with van der Waals surface area (Å²) in [6, 6.07) is 6.30. The smallest absolute Gasteiger partial charge is 0.316 e. The number of methoxy groups -OCH3 is 1. The molecular formula is C13H12FN3O3. The lowest BCUT2D eigenvalue weighted by Crippen LogP contribution is -2.16. The van der Waals surface area contributed by atoms with E-state index in [-0.39, 0.29) is 12.2 Å². The first-order valence-electron chi connectivity index (χ1n) is 5.73. The van der Waals surface area contributed by atoms with E-state index in [0.717, 1.165) is 11.8 Å². The summed E-state index contributed by atoms with van der Waals surface area (Å²) in [6.07, 6.45) is 0.833. The number of rotatable bonds is 4. The Balaban J connectivity index is 2.03. The van der Waals surface area contributed by atoms with Crippen LogP contribution in [0.25, 0.3) is 0 Å². The zero-order valence-corrected chi connectivity index (χ0v) is 10.6. The molecule has 7 heteroatoms. The van der Waals surface area contributed by atoms with E-state index >= 15 is 0 Å². The molecule has 0 aliphatic rings. The first-order valence-corrected chi connectivity index (χ1v) is 5.73. The molecule has 1 aromatic heterocycles. The van der Waals surface area contributed by atoms with E-state index < -0.39 is 17.7 Å². The topological polar surface area (TPSA) is 84.3 Å². The fourth-order valence-electron chi connectivity index (χ4n) is 1.55. The van der Waals surface area contributed by atoms with Crippen molar-refractivity contribution in [3.63, 3.8) is 0 Å². The number of benzene rings is 1. The van der Waals surface area contributed by atoms with Crippen molar-refractivity contribution in [3.05, 3.63) is 41.8 Å². The molecule has 2 rings (SSSR count). The Labute approximate surface area is 114 Å². The van der Waals surface area contributed by atoms with Crippen LogP contribution in [0.3, 0.4) is 0 Å². The van der Waals surface area contributed by atoms with Gasteiger partial charge in [0.25, 0.3) is 0 Å². The highest BCUT2D eigenvalue weighted by molar-refractivity contribution is 5.91. The van der Waals surface area contributed by atoms with Crippen LogP contribution >= 0.6 is 0 Å². The molecule has 0 spiro atoms. The largest absolute Gasteiger partial charge is 0.497 e. The average molecular weight is 277 g/mol. The van der Waals surface area contributed by atoms with Gasteiger partial charge in [0.15, 0.2) is 11.6 Å². The molecule has 0 aliphatic carbocycles. The second-order valence-electron chi connectivity index (χ2n) is 3.94. The Morgan fingerprint density at radius 3 is 2.75 bits per heavy atom. The molecule has 0 radical (unpaired) electrons. The fraction of sp³-hybridized carbons (Fsp3) is 0.154. The van der Waals surface area contributed by atoms with E-state index in [1.165, 1.54) is 0 Å². The molecule has 0 aliphatic heterocycles. The first kappa shape index (κ1) is 13.7. The number of hydrogen-bond acceptors (Lipinski definition) is 5. The zero-order valence-electron chi connectivity index (χ0n) is 10.6. The lowest BCUT2D eigenvalue weighted by atomic mass is 10.1. The van der Waals surface area contributed by atoms with Gasteiger partial charge in [-0.25, -0.2) is 9.37 Å². The number of halogens is 1. The van der Waals surface area contributed by atoms with Crippen LogP contribution in [-0.2, 0) is 11.2 Å². The van der Waals surface area contributed by atoms with Crippen LogP contribution in [0.1, 0.15) is 5.56 Å². The molecule has 1 aromatic carbocycles. The van der Waals surface area contributed by atoms with Crippen LogP contribution < -0.4 is 10.1 Å². The van der Waals surface area contributed by atoms with Crippen molar-refractivity contribution in [1.82, 2.24) is 9.97 Å². The Morgan fingerprint density at radius 1 is 1.40 bits per heavy atom. The second-order valence-corrected chi connectivity index (χ2v) is 3.94. The molecule has 6 nitrogen and oxygen atoms in total. The highest BCUT2D eigenvalue weighted by Crippen LogP contribution is 2.14. The van der Waals surface area contributed by atoms with Crippen LogP contribution in [-0.4, -0.2) is 28.1 Å². The quantitative estimate of drug-likeness (QED) is 0.885. The van der Waals surface area contributed by atoms with Crippen molar-refractivity contribution in [2.75, 3.05) is 12.4 Å². The minimum atomic E-state index is -0.814. The number of amides is 1. The molecular weight excluding hydrogens is 265 g/mol. The highest BCUT2D eigenvalue weighted by atomic mass is 19.1. The van der Waals surface area contributed by atoms with Gasteiger partial charge in [0.2, 0.25) is 5.91 Å². The predicted octanol–water partition coefficient (Wildman–Crippen LogP) is 1.51. The van der Waals surface area contributed by atoms with Gasteiger partial charge >= 0.3 is 6.01 Å². The number of nitrogens with zero attached hydrogens (tertiary/aromatic N) is 2. The third-order valence-corrected chi connectivity index (χ3v) is 2.51. The molecule has 0 atom stereocenters. The van der Waals surface area contributed by atoms with E-state index in [2.05, 4.69) is 15.3 Å². The number of hydrogen-bond donors (Lipinski definition) is 2. The van der Waals surface area contributed by atoms with Gasteiger partial charge in [-0.2, -0.15) is 4.98 Å². The molecule has 1 heterocycles. The fourth-order valence-corrected chi connectivity index (χ4v) is 1.55. The van der Waals surface area contributed by atoms with Gasteiger partial charge in [-0.05, 0) is 17.7 Å². The number of ether oxygens (including phenoxy) is 1. The number of aromatic nitrogens is 2. The van der Waals surface area contributed by atoms with Crippen molar-refractivity contribution >= 4 is 11.7 Å². The van der Waals surface area contributed by atoms with Gasteiger partial charge in [-0.1, -0.05) is 12.1 Å². The summed E-state index contributed by atoms with van der Waals surface area (Å²) in [5, 5.41) is 11.3. The maximum atomic E-state index is 13.3. The molecule has 0 saturated carbocycles. The van der Waals surface area contributed by atoms with Gasteiger partial charge < -0.3 is 15.2 Å². The lowest BCUT2D eigenvalue weighted by molar-refractivity contribution is -0.115. The van der Waals surface area contributed by atoms with Gasteiger partial charge in [-0.3, -0.25) is 4.79 Å². The summed E-state index contributed by atoms with van der Waals surface area (Å²) in [5.41, 5.74) is 0.738. The minimum Gasteiger partial charge on any atom is -0.497 e. The highest BCUT2D eigenvalue weighted by Gasteiger charge is 2.11. The third-order valence-electron chi connectivity index (χ3n) is 2.51. The van der Waals surface area contributed by atoms with Gasteiger partial charge in [-0.15, -0.1) is 0 Å². The average Bonchev–Trinajstić information content (AvgIpc) is 2.43. The van der Waals surface area contributed by atoms with E-state index in [0.29, 0.717) is 5.75 Å². The first-order chi connectivity index (χ1) is 9.58. The minimum absolute atomic E-state index is 0.0498. The molecule has 2 N–H and O–H groups in total. The summed E-state index contributed by atoms with van der Waals surface area (Å²) < 4.78 is 18.3. The van der Waals surface area contributed by atoms with Crippen LogP contribution in [0, 0.1) is 5.82 Å². The van der Waals surface area contributed by atoms with Gasteiger partial charge in [0.1, 0.15) is 5.75 Å². The maximum absolute atomic E-state index is 13.3. The molecule has 1 amide bonds. The van der Waals surface area contributed by atoms with Crippen molar-refractivity contribution in [2.24, 2.45) is 0 Å². The van der Waals surface area contributed by atoms with Crippen molar-refractivity contribution < 1.29 is 19.0 Å². The normalized spacial score (nSPS) is 10.1. The third kappa shape index (κ3) is 3.41. The van der Waals surface area contributed by atoms with Crippen molar-refractivity contribution in [1.29, 1.82) is 0 Å². The van der Waals surface area contributed by atoms with Crippen LogP contribution in [0.4, 0.5) is 10.2 Å². The Bertz CT molecular complexity index is 617. The number of aromatic hydroxyl groups is 1. The van der Waals surface area contributed by atoms with Crippen molar-refractivity contribution in [3.8, 4) is 11.8 Å². The standard InChI is InChI=1S/C13H12FN3O3/c1-20-9-4-2-8(3-5-9)6-11(18)16-12-10(14)7-15-13(19)17-12/h2-5,7H,6H2,1H3,(H2,15,16,17,18,19). The summed E-state index contributed by atoms with van der Waals surface area (Å²) in [7, 11) is 1.55. The summed E-state index contributed by atoms with van der Waals surface area (Å²) in [4.78, 5) is 18.4. The van der Waals surface area contributed by atoms with Crippen LogP contribution in [0.2, 0.25) is 0 Å². The Hall–Kier alpha value is -2.70. The number of anilines is 1. The molecule has 0 unspecified atom stereocenters. The van der Waals surface area contributed by atoms with Gasteiger partial charge in [0, 0.05) is 0 Å². The van der Waals surface area contributed by atoms with E-state index in [9.17, 15) is 9.18 Å². The molecule has 104 valence electrons. The SMILES string of the molecule is COc1ccc(CC(=O)Nc2nc(O)ncc2F)cc1.